The van der Waals surface area contributed by atoms with Crippen LogP contribution in [0.15, 0.2) is 97.2 Å². The number of rotatable bonds is 37. The molecule has 57 heavy (non-hydrogen) atoms. The van der Waals surface area contributed by atoms with Crippen molar-refractivity contribution in [2.75, 3.05) is 40.9 Å². The van der Waals surface area contributed by atoms with Gasteiger partial charge in [0, 0.05) is 6.42 Å². The van der Waals surface area contributed by atoms with E-state index < -0.39 is 32.7 Å². The second-order valence-electron chi connectivity index (χ2n) is 15.4. The van der Waals surface area contributed by atoms with E-state index in [0.29, 0.717) is 23.9 Å². The number of amides is 1. The van der Waals surface area contributed by atoms with Gasteiger partial charge in [-0.05, 0) is 103 Å². The van der Waals surface area contributed by atoms with Gasteiger partial charge in [0.1, 0.15) is 19.3 Å². The maximum absolute atomic E-state index is 12.9. The van der Waals surface area contributed by atoms with Gasteiger partial charge in [-0.25, -0.2) is 0 Å². The topological polar surface area (TPSA) is 128 Å². The number of carbonyl (C=O) groups is 1. The fourth-order valence-electron chi connectivity index (χ4n) is 5.49. The summed E-state index contributed by atoms with van der Waals surface area (Å²) in [6.07, 6.45) is 48.9. The number of carbonyl (C=O) groups excluding carboxylic acids is 1. The highest BCUT2D eigenvalue weighted by atomic mass is 31.2. The first-order valence-corrected chi connectivity index (χ1v) is 23.1. The molecule has 0 rings (SSSR count). The highest BCUT2D eigenvalue weighted by Gasteiger charge is 2.29. The first-order chi connectivity index (χ1) is 27.4. The molecule has 0 saturated carbocycles. The van der Waals surface area contributed by atoms with Crippen LogP contribution in [0.2, 0.25) is 0 Å². The van der Waals surface area contributed by atoms with Gasteiger partial charge in [-0.3, -0.25) is 9.36 Å². The maximum atomic E-state index is 12.9. The van der Waals surface area contributed by atoms with E-state index in [2.05, 4.69) is 109 Å². The van der Waals surface area contributed by atoms with Crippen molar-refractivity contribution in [3.63, 3.8) is 0 Å². The Bertz CT molecular complexity index is 1260. The average molecular weight is 817 g/mol. The Kier molecular flexibility index (Phi) is 35.9. The van der Waals surface area contributed by atoms with Crippen LogP contribution in [-0.2, 0) is 18.4 Å². The number of unbranched alkanes of at least 4 members (excludes halogenated alkanes) is 8. The second kappa shape index (κ2) is 37.6. The molecule has 0 fully saturated rings. The molecular formula is C47H81N2O7P. The predicted molar refractivity (Wildman–Crippen MR) is 239 cm³/mol. The predicted octanol–water partition coefficient (Wildman–Crippen LogP) is 10.3. The highest BCUT2D eigenvalue weighted by Crippen LogP contribution is 2.38. The lowest BCUT2D eigenvalue weighted by Gasteiger charge is -2.31. The molecule has 3 N–H and O–H groups in total. The van der Waals surface area contributed by atoms with Crippen LogP contribution in [-0.4, -0.2) is 79.8 Å². The third-order valence-corrected chi connectivity index (χ3v) is 9.91. The Morgan fingerprint density at radius 3 is 1.70 bits per heavy atom. The van der Waals surface area contributed by atoms with E-state index >= 15 is 0 Å². The largest absolute Gasteiger partial charge is 0.756 e. The Morgan fingerprint density at radius 2 is 1.14 bits per heavy atom. The molecule has 0 aliphatic rings. The summed E-state index contributed by atoms with van der Waals surface area (Å²) in [6.45, 7) is 4.02. The summed E-state index contributed by atoms with van der Waals surface area (Å²) in [5, 5.41) is 24.5. The summed E-state index contributed by atoms with van der Waals surface area (Å²) in [6, 6.07) is -1.12. The van der Waals surface area contributed by atoms with E-state index in [0.717, 1.165) is 96.3 Å². The first kappa shape index (κ1) is 54.4. The van der Waals surface area contributed by atoms with Crippen molar-refractivity contribution in [1.29, 1.82) is 0 Å². The van der Waals surface area contributed by atoms with Gasteiger partial charge in [0.15, 0.2) is 0 Å². The van der Waals surface area contributed by atoms with Crippen LogP contribution in [0.4, 0.5) is 0 Å². The minimum Gasteiger partial charge on any atom is -0.756 e. The molecule has 0 aliphatic carbocycles. The number of allylic oxidation sites excluding steroid dienone is 16. The molecule has 9 nitrogen and oxygen atoms in total. The Morgan fingerprint density at radius 1 is 0.667 bits per heavy atom. The third kappa shape index (κ3) is 38.7. The summed E-state index contributed by atoms with van der Waals surface area (Å²) in [7, 11) is 1.06. The minimum absolute atomic E-state index is 0.0604. The normalized spacial score (nSPS) is 15.9. The van der Waals surface area contributed by atoms with Crippen molar-refractivity contribution in [2.45, 2.75) is 154 Å². The van der Waals surface area contributed by atoms with Crippen LogP contribution in [0.25, 0.3) is 0 Å². The molecule has 0 aromatic carbocycles. The zero-order valence-electron chi connectivity index (χ0n) is 36.4. The van der Waals surface area contributed by atoms with E-state index in [4.69, 9.17) is 9.05 Å². The molecule has 0 bridgehead atoms. The van der Waals surface area contributed by atoms with Crippen molar-refractivity contribution in [1.82, 2.24) is 5.32 Å². The summed E-state index contributed by atoms with van der Waals surface area (Å²) in [4.78, 5) is 25.3. The number of aliphatic hydroxyl groups excluding tert-OH is 2. The van der Waals surface area contributed by atoms with Crippen LogP contribution < -0.4 is 10.2 Å². The van der Waals surface area contributed by atoms with Crippen LogP contribution >= 0.6 is 7.82 Å². The number of hydrogen-bond acceptors (Lipinski definition) is 7. The SMILES string of the molecule is C/C=C/CC/C=C/CC/C=C/CCCC(O)C(O)C(COP(=O)([O-])OCC[N+](C)(C)C)NC(=O)CCCCCCC/C=C\C/C=C\C/C=C\C/C=C\C/C=C\CC. The van der Waals surface area contributed by atoms with E-state index in [-0.39, 0.29) is 25.4 Å². The van der Waals surface area contributed by atoms with E-state index in [1.165, 1.54) is 0 Å². The van der Waals surface area contributed by atoms with Gasteiger partial charge in [-0.1, -0.05) is 123 Å². The number of phosphoric acid groups is 1. The Hall–Kier alpha value is -2.62. The van der Waals surface area contributed by atoms with Gasteiger partial charge in [0.05, 0.1) is 39.9 Å². The highest BCUT2D eigenvalue weighted by molar-refractivity contribution is 7.45. The summed E-state index contributed by atoms with van der Waals surface area (Å²) >= 11 is 0. The molecule has 326 valence electrons. The van der Waals surface area contributed by atoms with E-state index in [9.17, 15) is 24.5 Å². The maximum Gasteiger partial charge on any atom is 0.268 e. The molecule has 1 amide bonds. The molecule has 0 radical (unpaired) electrons. The fourth-order valence-corrected chi connectivity index (χ4v) is 6.22. The van der Waals surface area contributed by atoms with Crippen LogP contribution in [0.1, 0.15) is 136 Å². The molecular weight excluding hydrogens is 735 g/mol. The lowest BCUT2D eigenvalue weighted by atomic mass is 10.0. The third-order valence-electron chi connectivity index (χ3n) is 8.95. The Labute approximate surface area is 348 Å². The summed E-state index contributed by atoms with van der Waals surface area (Å²) in [5.74, 6) is -0.320. The summed E-state index contributed by atoms with van der Waals surface area (Å²) < 4.78 is 23.1. The molecule has 4 unspecified atom stereocenters. The first-order valence-electron chi connectivity index (χ1n) is 21.6. The van der Waals surface area contributed by atoms with Gasteiger partial charge in [0.2, 0.25) is 5.91 Å². The van der Waals surface area contributed by atoms with Gasteiger partial charge in [0.25, 0.3) is 7.82 Å². The molecule has 4 atom stereocenters. The van der Waals surface area contributed by atoms with Gasteiger partial charge in [-0.15, -0.1) is 0 Å². The lowest BCUT2D eigenvalue weighted by Crippen LogP contribution is -2.51. The molecule has 0 heterocycles. The van der Waals surface area contributed by atoms with Gasteiger partial charge >= 0.3 is 0 Å². The van der Waals surface area contributed by atoms with E-state index in [1.54, 1.807) is 0 Å². The van der Waals surface area contributed by atoms with Gasteiger partial charge in [-0.2, -0.15) is 0 Å². The number of nitrogens with zero attached hydrogens (tertiary/aromatic N) is 1. The quantitative estimate of drug-likeness (QED) is 0.0247. The molecule has 0 saturated heterocycles. The minimum atomic E-state index is -4.69. The van der Waals surface area contributed by atoms with Crippen molar-refractivity contribution in [3.8, 4) is 0 Å². The van der Waals surface area contributed by atoms with E-state index in [1.807, 2.05) is 28.1 Å². The zero-order valence-corrected chi connectivity index (χ0v) is 37.3. The average Bonchev–Trinajstić information content (AvgIpc) is 3.16. The zero-order chi connectivity index (χ0) is 42.3. The summed E-state index contributed by atoms with van der Waals surface area (Å²) in [5.41, 5.74) is 0. The second-order valence-corrected chi connectivity index (χ2v) is 16.8. The standard InChI is InChI=1S/C47H81N2O7P/c1-6-8-10-12-14-16-18-20-21-22-23-24-25-26-27-28-30-32-34-36-38-40-46(51)48-44(43-56-57(53,54)55-42-41-49(3,4)5)47(52)45(50)39-37-35-33-31-29-19-17-15-13-11-9-7-2/h7-10,14-17,20-21,23-24,26-27,31,33,44-45,47,50,52H,6,11-13,18-19,22,25,28-30,32,34-43H2,1-5H3,(H-,48,51,53,54)/b9-7+,10-8-,16-14-,17-15+,21-20-,24-23-,27-26-,33-31+. The van der Waals surface area contributed by atoms with Crippen molar-refractivity contribution >= 4 is 13.7 Å². The molecule has 0 aromatic heterocycles. The number of phosphoric ester groups is 1. The van der Waals surface area contributed by atoms with Crippen molar-refractivity contribution in [2.24, 2.45) is 0 Å². The van der Waals surface area contributed by atoms with Crippen LogP contribution in [0.5, 0.6) is 0 Å². The lowest BCUT2D eigenvalue weighted by molar-refractivity contribution is -0.870. The van der Waals surface area contributed by atoms with Crippen molar-refractivity contribution in [3.05, 3.63) is 97.2 Å². The molecule has 0 aromatic rings. The van der Waals surface area contributed by atoms with Crippen LogP contribution in [0.3, 0.4) is 0 Å². The number of likely N-dealkylation sites (N-methyl/N-ethyl adjacent to an activating group) is 1. The number of nitrogens with one attached hydrogen (secondary N) is 1. The number of quaternary nitrogens is 1. The smallest absolute Gasteiger partial charge is 0.268 e. The number of aliphatic hydroxyl groups is 2. The molecule has 0 aliphatic heterocycles. The molecule has 0 spiro atoms. The van der Waals surface area contributed by atoms with Crippen LogP contribution in [0, 0.1) is 0 Å². The Balaban J connectivity index is 4.59. The fraction of sp³-hybridized carbons (Fsp3) is 0.638. The number of hydrogen-bond donors (Lipinski definition) is 3. The monoisotopic (exact) mass is 817 g/mol. The molecule has 10 heteroatoms. The van der Waals surface area contributed by atoms with Crippen molar-refractivity contribution < 1.29 is 38.0 Å². The van der Waals surface area contributed by atoms with Gasteiger partial charge < -0.3 is 34.0 Å².